The normalized spacial score (nSPS) is 33.6. The Bertz CT molecular complexity index is 196. The van der Waals surface area contributed by atoms with Gasteiger partial charge in [0.25, 0.3) is 0 Å². The van der Waals surface area contributed by atoms with Gasteiger partial charge in [0.15, 0.2) is 0 Å². The van der Waals surface area contributed by atoms with Crippen LogP contribution < -0.4 is 11.1 Å². The molecule has 0 aromatic rings. The molecule has 12 heavy (non-hydrogen) atoms. The molecule has 1 aliphatic rings. The molecule has 0 bridgehead atoms. The Hall–Kier alpha value is -0.260. The zero-order chi connectivity index (χ0) is 9.35. The Morgan fingerprint density at radius 3 is 2.58 bits per heavy atom. The molecule has 1 unspecified atom stereocenters. The first-order valence-corrected chi connectivity index (χ1v) is 4.72. The van der Waals surface area contributed by atoms with Gasteiger partial charge in [0.2, 0.25) is 0 Å². The van der Waals surface area contributed by atoms with E-state index in [9.17, 15) is 4.79 Å². The smallest absolute Gasteiger partial charge is 0.322 e. The van der Waals surface area contributed by atoms with Crippen LogP contribution in [0.3, 0.4) is 0 Å². The highest BCUT2D eigenvalue weighted by Crippen LogP contribution is 2.37. The van der Waals surface area contributed by atoms with Crippen molar-refractivity contribution in [3.8, 4) is 0 Å². The molecule has 1 saturated heterocycles. The Balaban J connectivity index is 2.70. The molecular weight excluding hydrogens is 176 g/mol. The molecule has 1 fully saturated rings. The second kappa shape index (κ2) is 3.24. The van der Waals surface area contributed by atoms with Gasteiger partial charge in [-0.15, -0.1) is 11.8 Å². The van der Waals surface area contributed by atoms with Crippen LogP contribution in [0.15, 0.2) is 0 Å². The lowest BCUT2D eigenvalue weighted by Gasteiger charge is -2.20. The van der Waals surface area contributed by atoms with Gasteiger partial charge in [-0.2, -0.15) is 0 Å². The number of nitrogens with one attached hydrogen (secondary N) is 1. The van der Waals surface area contributed by atoms with Gasteiger partial charge in [-0.3, -0.25) is 10.1 Å². The molecule has 4 N–H and O–H groups in total. The minimum Gasteiger partial charge on any atom is -0.480 e. The predicted octanol–water partition coefficient (Wildman–Crippen LogP) is -0.161. The van der Waals surface area contributed by atoms with Crippen molar-refractivity contribution in [3.63, 3.8) is 0 Å². The van der Waals surface area contributed by atoms with Crippen molar-refractivity contribution >= 4 is 17.7 Å². The van der Waals surface area contributed by atoms with Crippen LogP contribution in [0.25, 0.3) is 0 Å². The van der Waals surface area contributed by atoms with Gasteiger partial charge in [0.1, 0.15) is 6.04 Å². The average Bonchev–Trinajstić information content (AvgIpc) is 2.25. The van der Waals surface area contributed by atoms with Crippen LogP contribution in [0.1, 0.15) is 13.8 Å². The average molecular weight is 190 g/mol. The number of carboxylic acids is 1. The monoisotopic (exact) mass is 190 g/mol. The van der Waals surface area contributed by atoms with E-state index >= 15 is 0 Å². The number of thioether (sulfide) groups is 1. The lowest BCUT2D eigenvalue weighted by Crippen LogP contribution is -2.45. The third-order valence-electron chi connectivity index (χ3n) is 1.95. The molecule has 0 saturated carbocycles. The molecule has 0 aromatic carbocycles. The zero-order valence-corrected chi connectivity index (χ0v) is 8.02. The lowest BCUT2D eigenvalue weighted by atomic mass is 10.0. The first-order chi connectivity index (χ1) is 5.47. The number of carboxylic acid groups (broad SMARTS) is 1. The van der Waals surface area contributed by atoms with E-state index in [4.69, 9.17) is 10.8 Å². The van der Waals surface area contributed by atoms with Gasteiger partial charge in [0, 0.05) is 11.3 Å². The minimum absolute atomic E-state index is 0.0705. The van der Waals surface area contributed by atoms with Crippen LogP contribution in [-0.2, 0) is 4.79 Å². The van der Waals surface area contributed by atoms with Crippen molar-refractivity contribution in [1.82, 2.24) is 5.32 Å². The molecule has 1 heterocycles. The minimum atomic E-state index is -0.802. The largest absolute Gasteiger partial charge is 0.480 e. The van der Waals surface area contributed by atoms with Crippen LogP contribution in [0.5, 0.6) is 0 Å². The summed E-state index contributed by atoms with van der Waals surface area (Å²) in [7, 11) is 0. The van der Waals surface area contributed by atoms with Crippen LogP contribution in [0, 0.1) is 0 Å². The van der Waals surface area contributed by atoms with Crippen molar-refractivity contribution in [3.05, 3.63) is 0 Å². The molecule has 2 atom stereocenters. The molecule has 0 radical (unpaired) electrons. The lowest BCUT2D eigenvalue weighted by molar-refractivity contribution is -0.139. The quantitative estimate of drug-likeness (QED) is 0.564. The summed E-state index contributed by atoms with van der Waals surface area (Å²) in [6.07, 6.45) is 0. The molecule has 1 rings (SSSR count). The van der Waals surface area contributed by atoms with Crippen molar-refractivity contribution in [2.24, 2.45) is 5.73 Å². The third kappa shape index (κ3) is 1.73. The highest BCUT2D eigenvalue weighted by molar-refractivity contribution is 8.01. The predicted molar refractivity (Wildman–Crippen MR) is 49.1 cm³/mol. The topological polar surface area (TPSA) is 75.3 Å². The van der Waals surface area contributed by atoms with Gasteiger partial charge in [0.05, 0.1) is 5.37 Å². The summed E-state index contributed by atoms with van der Waals surface area (Å²) < 4.78 is -0.268. The van der Waals surface area contributed by atoms with E-state index in [1.165, 1.54) is 0 Å². The number of hydrogen-bond donors (Lipinski definition) is 3. The number of rotatable bonds is 2. The summed E-state index contributed by atoms with van der Waals surface area (Å²) in [6, 6.07) is -0.490. The Kier molecular flexibility index (Phi) is 2.65. The van der Waals surface area contributed by atoms with Crippen molar-refractivity contribution < 1.29 is 9.90 Å². The highest BCUT2D eigenvalue weighted by Gasteiger charge is 2.44. The second-order valence-corrected chi connectivity index (χ2v) is 5.24. The molecule has 5 heteroatoms. The summed E-state index contributed by atoms with van der Waals surface area (Å²) in [5.41, 5.74) is 5.44. The fraction of sp³-hybridized carbons (Fsp3) is 0.857. The van der Waals surface area contributed by atoms with Gasteiger partial charge < -0.3 is 10.8 Å². The maximum atomic E-state index is 10.8. The van der Waals surface area contributed by atoms with Crippen molar-refractivity contribution in [1.29, 1.82) is 0 Å². The standard InChI is InChI=1S/C7H14N2O2S/c1-7(2)5(6(10)11)9-4(3-8)12-7/h4-5,9H,3,8H2,1-2H3,(H,10,11)/t4?,5-/m0/s1. The molecule has 4 nitrogen and oxygen atoms in total. The summed E-state index contributed by atoms with van der Waals surface area (Å²) in [5.74, 6) is -0.802. The molecule has 0 aliphatic carbocycles. The summed E-state index contributed by atoms with van der Waals surface area (Å²) in [5, 5.41) is 11.9. The molecule has 70 valence electrons. The van der Waals surface area contributed by atoms with Crippen LogP contribution >= 0.6 is 11.8 Å². The maximum Gasteiger partial charge on any atom is 0.322 e. The van der Waals surface area contributed by atoms with E-state index in [1.807, 2.05) is 13.8 Å². The van der Waals surface area contributed by atoms with Crippen LogP contribution in [0.2, 0.25) is 0 Å². The van der Waals surface area contributed by atoms with Crippen molar-refractivity contribution in [2.75, 3.05) is 6.54 Å². The summed E-state index contributed by atoms with van der Waals surface area (Å²) in [4.78, 5) is 10.8. The Labute approximate surface area is 75.9 Å². The highest BCUT2D eigenvalue weighted by atomic mass is 32.2. The third-order valence-corrected chi connectivity index (χ3v) is 3.41. The molecular formula is C7H14N2O2S. The SMILES string of the molecule is CC1(C)SC(CN)N[C@H]1C(=O)O. The van der Waals surface area contributed by atoms with Crippen LogP contribution in [0.4, 0.5) is 0 Å². The molecule has 0 aromatic heterocycles. The number of hydrogen-bond acceptors (Lipinski definition) is 4. The molecule has 0 spiro atoms. The van der Waals surface area contributed by atoms with Crippen LogP contribution in [-0.4, -0.2) is 33.8 Å². The molecule has 1 aliphatic heterocycles. The Morgan fingerprint density at radius 2 is 2.33 bits per heavy atom. The van der Waals surface area contributed by atoms with E-state index in [2.05, 4.69) is 5.32 Å². The number of nitrogens with two attached hydrogens (primary N) is 1. The van der Waals surface area contributed by atoms with E-state index in [-0.39, 0.29) is 10.1 Å². The van der Waals surface area contributed by atoms with E-state index in [0.717, 1.165) is 0 Å². The van der Waals surface area contributed by atoms with Gasteiger partial charge in [-0.25, -0.2) is 0 Å². The van der Waals surface area contributed by atoms with Crippen molar-refractivity contribution in [2.45, 2.75) is 30.0 Å². The Morgan fingerprint density at radius 1 is 1.75 bits per heavy atom. The summed E-state index contributed by atoms with van der Waals surface area (Å²) >= 11 is 1.59. The van der Waals surface area contributed by atoms with E-state index in [1.54, 1.807) is 11.8 Å². The number of carbonyl (C=O) groups is 1. The fourth-order valence-electron chi connectivity index (χ4n) is 1.34. The van der Waals surface area contributed by atoms with E-state index < -0.39 is 12.0 Å². The fourth-order valence-corrected chi connectivity index (χ4v) is 2.68. The van der Waals surface area contributed by atoms with Gasteiger partial charge >= 0.3 is 5.97 Å². The zero-order valence-electron chi connectivity index (χ0n) is 7.20. The summed E-state index contributed by atoms with van der Waals surface area (Å²) in [6.45, 7) is 4.30. The van der Waals surface area contributed by atoms with E-state index in [0.29, 0.717) is 6.54 Å². The first kappa shape index (κ1) is 9.83. The van der Waals surface area contributed by atoms with Gasteiger partial charge in [-0.05, 0) is 13.8 Å². The number of aliphatic carboxylic acids is 1. The molecule has 0 amide bonds. The maximum absolute atomic E-state index is 10.8. The second-order valence-electron chi connectivity index (χ2n) is 3.38. The first-order valence-electron chi connectivity index (χ1n) is 3.84. The van der Waals surface area contributed by atoms with Gasteiger partial charge in [-0.1, -0.05) is 0 Å².